The van der Waals surface area contributed by atoms with Crippen molar-refractivity contribution in [2.45, 2.75) is 38.6 Å². The fourth-order valence-electron chi connectivity index (χ4n) is 3.15. The summed E-state index contributed by atoms with van der Waals surface area (Å²) < 4.78 is 10.6. The van der Waals surface area contributed by atoms with Crippen LogP contribution in [0.2, 0.25) is 5.02 Å². The summed E-state index contributed by atoms with van der Waals surface area (Å²) in [7, 11) is 0. The largest absolute Gasteiger partial charge is 0.450 e. The maximum atomic E-state index is 12.3. The van der Waals surface area contributed by atoms with Crippen molar-refractivity contribution in [1.82, 2.24) is 4.90 Å². The molecule has 128 valence electrons. The highest BCUT2D eigenvalue weighted by Gasteiger charge is 2.26. The predicted octanol–water partition coefficient (Wildman–Crippen LogP) is 4.03. The molecule has 24 heavy (non-hydrogen) atoms. The Hall–Kier alpha value is -2.01. The summed E-state index contributed by atoms with van der Waals surface area (Å²) in [4.78, 5) is 26.3. The second-order valence-electron chi connectivity index (χ2n) is 6.01. The molecule has 0 radical (unpaired) electrons. The third-order valence-corrected chi connectivity index (χ3v) is 4.66. The second kappa shape index (κ2) is 7.26. The number of carbonyl (C=O) groups is 2. The predicted molar refractivity (Wildman–Crippen MR) is 91.1 cm³/mol. The van der Waals surface area contributed by atoms with E-state index in [0.29, 0.717) is 10.6 Å². The van der Waals surface area contributed by atoms with Gasteiger partial charge in [0.1, 0.15) is 5.58 Å². The van der Waals surface area contributed by atoms with Gasteiger partial charge in [0, 0.05) is 23.0 Å². The second-order valence-corrected chi connectivity index (χ2v) is 6.45. The zero-order chi connectivity index (χ0) is 17.1. The average molecular weight is 350 g/mol. The fourth-order valence-corrected chi connectivity index (χ4v) is 3.33. The molecule has 1 saturated heterocycles. The molecule has 0 aliphatic carbocycles. The van der Waals surface area contributed by atoms with Gasteiger partial charge in [0.25, 0.3) is 5.91 Å². The van der Waals surface area contributed by atoms with Crippen LogP contribution in [0, 0.1) is 0 Å². The van der Waals surface area contributed by atoms with Crippen molar-refractivity contribution in [3.63, 3.8) is 0 Å². The molecular weight excluding hydrogens is 330 g/mol. The van der Waals surface area contributed by atoms with Crippen molar-refractivity contribution in [3.05, 3.63) is 35.0 Å². The van der Waals surface area contributed by atoms with Crippen LogP contribution in [-0.4, -0.2) is 36.0 Å². The van der Waals surface area contributed by atoms with E-state index in [9.17, 15) is 9.59 Å². The number of rotatable bonds is 4. The van der Waals surface area contributed by atoms with Gasteiger partial charge in [0.05, 0.1) is 0 Å². The molecule has 2 heterocycles. The number of hydrogen-bond donors (Lipinski definition) is 0. The molecule has 0 saturated carbocycles. The van der Waals surface area contributed by atoms with E-state index in [-0.39, 0.29) is 24.3 Å². The van der Waals surface area contributed by atoms with Crippen molar-refractivity contribution in [1.29, 1.82) is 0 Å². The molecule has 5 nitrogen and oxygen atoms in total. The third kappa shape index (κ3) is 3.56. The Balaban J connectivity index is 1.62. The maximum absolute atomic E-state index is 12.3. The molecule has 6 heteroatoms. The minimum Gasteiger partial charge on any atom is -0.450 e. The Labute approximate surface area is 145 Å². The normalized spacial score (nSPS) is 17.9. The molecule has 0 spiro atoms. The van der Waals surface area contributed by atoms with Crippen LogP contribution in [0.25, 0.3) is 11.0 Å². The van der Waals surface area contributed by atoms with E-state index in [1.807, 2.05) is 4.90 Å². The molecule has 1 aromatic heterocycles. The monoisotopic (exact) mass is 349 g/mol. The summed E-state index contributed by atoms with van der Waals surface area (Å²) in [6.45, 7) is 2.55. The average Bonchev–Trinajstić information content (AvgIpc) is 3.02. The van der Waals surface area contributed by atoms with Gasteiger partial charge in [0.2, 0.25) is 5.76 Å². The fraction of sp³-hybridized carbons (Fsp3) is 0.444. The molecule has 0 unspecified atom stereocenters. The molecular formula is C18H20ClNO4. The molecule has 1 atom stereocenters. The molecule has 0 N–H and O–H groups in total. The molecule has 1 fully saturated rings. The summed E-state index contributed by atoms with van der Waals surface area (Å²) in [5.74, 6) is -0.708. The van der Waals surface area contributed by atoms with Crippen molar-refractivity contribution in [3.8, 4) is 0 Å². The van der Waals surface area contributed by atoms with Crippen LogP contribution >= 0.6 is 11.6 Å². The minimum atomic E-state index is -0.638. The highest BCUT2D eigenvalue weighted by atomic mass is 35.5. The number of ether oxygens (including phenoxy) is 1. The zero-order valence-electron chi connectivity index (χ0n) is 13.6. The van der Waals surface area contributed by atoms with Crippen molar-refractivity contribution >= 4 is 34.4 Å². The number of fused-ring (bicyclic) bond motifs is 1. The van der Waals surface area contributed by atoms with Gasteiger partial charge in [-0.15, -0.1) is 0 Å². The van der Waals surface area contributed by atoms with Crippen LogP contribution in [0.15, 0.2) is 28.7 Å². The number of piperidine rings is 1. The first kappa shape index (κ1) is 16.8. The first-order chi connectivity index (χ1) is 11.6. The SMILES string of the molecule is CC[C@@H]1CCCCN1C(=O)COC(=O)c1cc2cc(Cl)ccc2o1. The van der Waals surface area contributed by atoms with Gasteiger partial charge in [-0.05, 0) is 49.9 Å². The van der Waals surface area contributed by atoms with Crippen LogP contribution in [0.3, 0.4) is 0 Å². The number of hydrogen-bond acceptors (Lipinski definition) is 4. The Morgan fingerprint density at radius 2 is 2.17 bits per heavy atom. The number of amides is 1. The summed E-state index contributed by atoms with van der Waals surface area (Å²) in [5, 5.41) is 1.29. The summed E-state index contributed by atoms with van der Waals surface area (Å²) in [6, 6.07) is 6.91. The number of furan rings is 1. The van der Waals surface area contributed by atoms with Gasteiger partial charge in [-0.2, -0.15) is 0 Å². The summed E-state index contributed by atoms with van der Waals surface area (Å²) in [5.41, 5.74) is 0.555. The van der Waals surface area contributed by atoms with Crippen molar-refractivity contribution in [2.24, 2.45) is 0 Å². The van der Waals surface area contributed by atoms with E-state index in [2.05, 4.69) is 6.92 Å². The molecule has 2 aromatic rings. The van der Waals surface area contributed by atoms with Crippen LogP contribution in [-0.2, 0) is 9.53 Å². The topological polar surface area (TPSA) is 59.8 Å². The van der Waals surface area contributed by atoms with Gasteiger partial charge < -0.3 is 14.1 Å². The van der Waals surface area contributed by atoms with Crippen molar-refractivity contribution in [2.75, 3.05) is 13.2 Å². The lowest BCUT2D eigenvalue weighted by Gasteiger charge is -2.35. The lowest BCUT2D eigenvalue weighted by Crippen LogP contribution is -2.45. The number of benzene rings is 1. The Morgan fingerprint density at radius 1 is 1.33 bits per heavy atom. The highest BCUT2D eigenvalue weighted by Crippen LogP contribution is 2.24. The van der Waals surface area contributed by atoms with Crippen LogP contribution in [0.4, 0.5) is 0 Å². The van der Waals surface area contributed by atoms with E-state index in [0.717, 1.165) is 37.6 Å². The zero-order valence-corrected chi connectivity index (χ0v) is 14.3. The van der Waals surface area contributed by atoms with Crippen LogP contribution in [0.5, 0.6) is 0 Å². The molecule has 3 rings (SSSR count). The quantitative estimate of drug-likeness (QED) is 0.782. The van der Waals surface area contributed by atoms with Gasteiger partial charge >= 0.3 is 5.97 Å². The number of nitrogens with zero attached hydrogens (tertiary/aromatic N) is 1. The first-order valence-electron chi connectivity index (χ1n) is 8.24. The van der Waals surface area contributed by atoms with E-state index in [1.54, 1.807) is 24.3 Å². The maximum Gasteiger partial charge on any atom is 0.374 e. The Kier molecular flexibility index (Phi) is 5.09. The van der Waals surface area contributed by atoms with E-state index in [1.165, 1.54) is 0 Å². The van der Waals surface area contributed by atoms with Gasteiger partial charge in [0.15, 0.2) is 6.61 Å². The molecule has 1 aromatic carbocycles. The molecule has 1 aliphatic rings. The lowest BCUT2D eigenvalue weighted by atomic mass is 10.00. The molecule has 1 aliphatic heterocycles. The van der Waals surface area contributed by atoms with E-state index < -0.39 is 5.97 Å². The summed E-state index contributed by atoms with van der Waals surface area (Å²) >= 11 is 5.92. The minimum absolute atomic E-state index is 0.0748. The van der Waals surface area contributed by atoms with Crippen LogP contribution in [0.1, 0.15) is 43.2 Å². The standard InChI is InChI=1S/C18H20ClNO4/c1-2-14-5-3-4-8-20(14)17(21)11-23-18(22)16-10-12-9-13(19)6-7-15(12)24-16/h6-7,9-10,14H,2-5,8,11H2,1H3/t14-/m1/s1. The van der Waals surface area contributed by atoms with Gasteiger partial charge in [-0.1, -0.05) is 18.5 Å². The summed E-state index contributed by atoms with van der Waals surface area (Å²) in [6.07, 6.45) is 4.08. The van der Waals surface area contributed by atoms with Crippen LogP contribution < -0.4 is 0 Å². The number of esters is 1. The molecule has 0 bridgehead atoms. The highest BCUT2D eigenvalue weighted by molar-refractivity contribution is 6.31. The third-order valence-electron chi connectivity index (χ3n) is 4.42. The number of carbonyl (C=O) groups excluding carboxylic acids is 2. The number of halogens is 1. The van der Waals surface area contributed by atoms with Gasteiger partial charge in [-0.25, -0.2) is 4.79 Å². The lowest BCUT2D eigenvalue weighted by molar-refractivity contribution is -0.138. The smallest absolute Gasteiger partial charge is 0.374 e. The Morgan fingerprint density at radius 3 is 2.96 bits per heavy atom. The first-order valence-corrected chi connectivity index (χ1v) is 8.62. The Bertz CT molecular complexity index is 755. The molecule has 1 amide bonds. The van der Waals surface area contributed by atoms with E-state index >= 15 is 0 Å². The van der Waals surface area contributed by atoms with Crippen molar-refractivity contribution < 1.29 is 18.7 Å². The van der Waals surface area contributed by atoms with Gasteiger partial charge in [-0.3, -0.25) is 4.79 Å². The van der Waals surface area contributed by atoms with E-state index in [4.69, 9.17) is 20.8 Å². The number of likely N-dealkylation sites (tertiary alicyclic amines) is 1.